The van der Waals surface area contributed by atoms with Gasteiger partial charge in [0.1, 0.15) is 15.6 Å². The number of rotatable bonds is 3. The van der Waals surface area contributed by atoms with Crippen LogP contribution in [-0.4, -0.2) is 27.0 Å². The summed E-state index contributed by atoms with van der Waals surface area (Å²) in [5.41, 5.74) is 1.35. The molecule has 2 aromatic heterocycles. The average molecular weight is 398 g/mol. The molecule has 1 aliphatic carbocycles. The van der Waals surface area contributed by atoms with Crippen LogP contribution in [0.3, 0.4) is 0 Å². The van der Waals surface area contributed by atoms with Gasteiger partial charge in [-0.15, -0.1) is 0 Å². The maximum atomic E-state index is 12.2. The highest BCUT2D eigenvalue weighted by atomic mass is 127. The zero-order chi connectivity index (χ0) is 14.8. The Morgan fingerprint density at radius 1 is 1.33 bits per heavy atom. The van der Waals surface area contributed by atoms with E-state index in [1.807, 2.05) is 0 Å². The quantitative estimate of drug-likeness (QED) is 0.804. The lowest BCUT2D eigenvalue weighted by Gasteiger charge is -2.12. The fourth-order valence-corrected chi connectivity index (χ4v) is 3.34. The predicted molar refractivity (Wildman–Crippen MR) is 86.4 cm³/mol. The van der Waals surface area contributed by atoms with Crippen molar-refractivity contribution in [3.63, 3.8) is 0 Å². The number of halogens is 1. The van der Waals surface area contributed by atoms with Crippen molar-refractivity contribution in [2.75, 3.05) is 7.11 Å². The number of nitrogens with zero attached hydrogens (tertiary/aromatic N) is 3. The smallest absolute Gasteiger partial charge is 0.264 e. The number of hydrogen-bond acceptors (Lipinski definition) is 5. The third-order valence-corrected chi connectivity index (χ3v) is 4.77. The summed E-state index contributed by atoms with van der Waals surface area (Å²) < 4.78 is 5.77. The van der Waals surface area contributed by atoms with E-state index in [2.05, 4.69) is 42.5 Å². The number of H-pyrrole nitrogens is 1. The lowest BCUT2D eigenvalue weighted by Crippen LogP contribution is -2.18. The summed E-state index contributed by atoms with van der Waals surface area (Å²) in [5, 5.41) is 0. The molecule has 0 radical (unpaired) electrons. The number of aromatic nitrogens is 4. The van der Waals surface area contributed by atoms with Gasteiger partial charge in [-0.2, -0.15) is 0 Å². The molecular weight excluding hydrogens is 383 g/mol. The molecule has 0 spiro atoms. The summed E-state index contributed by atoms with van der Waals surface area (Å²) in [6.45, 7) is 0. The zero-order valence-corrected chi connectivity index (χ0v) is 13.8. The molecule has 3 rings (SSSR count). The van der Waals surface area contributed by atoms with E-state index in [0.717, 1.165) is 18.5 Å². The molecule has 2 aromatic rings. The molecule has 0 unspecified atom stereocenters. The topological polar surface area (TPSA) is 80.8 Å². The van der Waals surface area contributed by atoms with Crippen LogP contribution in [0.25, 0.3) is 11.5 Å². The fourth-order valence-electron chi connectivity index (χ4n) is 2.65. The Labute approximate surface area is 135 Å². The van der Waals surface area contributed by atoms with E-state index in [1.54, 1.807) is 13.2 Å². The second-order valence-electron chi connectivity index (χ2n) is 5.04. The van der Waals surface area contributed by atoms with E-state index in [0.29, 0.717) is 26.9 Å². The van der Waals surface area contributed by atoms with Crippen LogP contribution in [0.15, 0.2) is 17.2 Å². The lowest BCUT2D eigenvalue weighted by molar-refractivity contribution is 0.397. The molecule has 1 fully saturated rings. The summed E-state index contributed by atoms with van der Waals surface area (Å²) in [4.78, 5) is 27.7. The molecule has 110 valence electrons. The van der Waals surface area contributed by atoms with E-state index in [-0.39, 0.29) is 5.56 Å². The third kappa shape index (κ3) is 2.92. The molecule has 0 atom stereocenters. The van der Waals surface area contributed by atoms with Crippen molar-refractivity contribution in [1.82, 2.24) is 19.9 Å². The van der Waals surface area contributed by atoms with Crippen LogP contribution >= 0.6 is 22.6 Å². The molecule has 2 heterocycles. The Morgan fingerprint density at radius 2 is 2.10 bits per heavy atom. The Kier molecular flexibility index (Phi) is 4.18. The highest BCUT2D eigenvalue weighted by Crippen LogP contribution is 2.34. The number of methoxy groups -OCH3 is 1. The molecule has 7 heteroatoms. The number of nitrogens with one attached hydrogen (secondary N) is 1. The first-order valence-corrected chi connectivity index (χ1v) is 7.93. The van der Waals surface area contributed by atoms with Crippen LogP contribution in [0.1, 0.15) is 37.3 Å². The highest BCUT2D eigenvalue weighted by molar-refractivity contribution is 14.1. The molecule has 0 bridgehead atoms. The molecule has 0 aliphatic heterocycles. The van der Waals surface area contributed by atoms with Crippen molar-refractivity contribution in [1.29, 1.82) is 0 Å². The Balaban J connectivity index is 2.08. The van der Waals surface area contributed by atoms with E-state index in [4.69, 9.17) is 4.74 Å². The van der Waals surface area contributed by atoms with Gasteiger partial charge in [0.2, 0.25) is 5.88 Å². The fraction of sp³-hybridized carbons (Fsp3) is 0.429. The average Bonchev–Trinajstić information content (AvgIpc) is 3.04. The van der Waals surface area contributed by atoms with Gasteiger partial charge in [-0.05, 0) is 35.4 Å². The van der Waals surface area contributed by atoms with Gasteiger partial charge in [-0.25, -0.2) is 15.0 Å². The molecule has 0 amide bonds. The normalized spacial score (nSPS) is 15.3. The van der Waals surface area contributed by atoms with Crippen molar-refractivity contribution >= 4 is 22.6 Å². The zero-order valence-electron chi connectivity index (χ0n) is 11.6. The van der Waals surface area contributed by atoms with Gasteiger partial charge in [0.05, 0.1) is 12.8 Å². The first-order chi connectivity index (χ1) is 10.2. The third-order valence-electron chi connectivity index (χ3n) is 3.72. The molecular formula is C14H15IN4O2. The SMILES string of the molecule is COc1cc(-c2nc(C3CCCC3)c(I)c(=O)[nH]2)ncn1. The van der Waals surface area contributed by atoms with Gasteiger partial charge in [0.25, 0.3) is 5.56 Å². The van der Waals surface area contributed by atoms with Crippen LogP contribution in [0, 0.1) is 3.57 Å². The molecule has 21 heavy (non-hydrogen) atoms. The summed E-state index contributed by atoms with van der Waals surface area (Å²) in [6, 6.07) is 1.67. The van der Waals surface area contributed by atoms with E-state index in [9.17, 15) is 4.79 Å². The Morgan fingerprint density at radius 3 is 2.81 bits per heavy atom. The maximum Gasteiger partial charge on any atom is 0.264 e. The van der Waals surface area contributed by atoms with Crippen molar-refractivity contribution in [2.24, 2.45) is 0 Å². The summed E-state index contributed by atoms with van der Waals surface area (Å²) in [5.74, 6) is 1.30. The van der Waals surface area contributed by atoms with Crippen molar-refractivity contribution < 1.29 is 4.74 Å². The predicted octanol–water partition coefficient (Wildman–Crippen LogP) is 2.50. The van der Waals surface area contributed by atoms with Gasteiger partial charge >= 0.3 is 0 Å². The Hall–Kier alpha value is -1.51. The lowest BCUT2D eigenvalue weighted by atomic mass is 10.0. The van der Waals surface area contributed by atoms with Gasteiger partial charge in [0, 0.05) is 12.0 Å². The van der Waals surface area contributed by atoms with Gasteiger partial charge < -0.3 is 9.72 Å². The number of ether oxygens (including phenoxy) is 1. The molecule has 6 nitrogen and oxygen atoms in total. The van der Waals surface area contributed by atoms with Crippen LogP contribution in [0.5, 0.6) is 5.88 Å². The minimum Gasteiger partial charge on any atom is -0.481 e. The van der Waals surface area contributed by atoms with Crippen LogP contribution in [0.4, 0.5) is 0 Å². The van der Waals surface area contributed by atoms with E-state index < -0.39 is 0 Å². The first-order valence-electron chi connectivity index (χ1n) is 6.85. The summed E-state index contributed by atoms with van der Waals surface area (Å²) in [7, 11) is 1.54. The highest BCUT2D eigenvalue weighted by Gasteiger charge is 2.23. The molecule has 1 saturated carbocycles. The standard InChI is InChI=1S/C14H15IN4O2/c1-21-10-6-9(16-7-17-10)13-18-12(8-4-2-3-5-8)11(15)14(20)19-13/h6-8H,2-5H2,1H3,(H,18,19,20). The van der Waals surface area contributed by atoms with E-state index >= 15 is 0 Å². The maximum absolute atomic E-state index is 12.2. The van der Waals surface area contributed by atoms with Crippen LogP contribution in [0.2, 0.25) is 0 Å². The molecule has 1 aliphatic rings. The van der Waals surface area contributed by atoms with Crippen molar-refractivity contribution in [3.05, 3.63) is 32.0 Å². The van der Waals surface area contributed by atoms with Crippen molar-refractivity contribution in [2.45, 2.75) is 31.6 Å². The first kappa shape index (κ1) is 14.4. The van der Waals surface area contributed by atoms with Gasteiger partial charge in [-0.1, -0.05) is 12.8 Å². The van der Waals surface area contributed by atoms with Gasteiger partial charge in [-0.3, -0.25) is 4.79 Å². The van der Waals surface area contributed by atoms with Crippen LogP contribution in [-0.2, 0) is 0 Å². The largest absolute Gasteiger partial charge is 0.481 e. The Bertz CT molecular complexity index is 710. The van der Waals surface area contributed by atoms with E-state index in [1.165, 1.54) is 19.2 Å². The summed E-state index contributed by atoms with van der Waals surface area (Å²) in [6.07, 6.45) is 6.00. The molecule has 0 saturated heterocycles. The summed E-state index contributed by atoms with van der Waals surface area (Å²) >= 11 is 2.08. The molecule has 1 N–H and O–H groups in total. The number of aromatic amines is 1. The second kappa shape index (κ2) is 6.08. The minimum absolute atomic E-state index is 0.111. The minimum atomic E-state index is -0.111. The van der Waals surface area contributed by atoms with Crippen LogP contribution < -0.4 is 10.3 Å². The second-order valence-corrected chi connectivity index (χ2v) is 6.12. The molecule has 0 aromatic carbocycles. The monoisotopic (exact) mass is 398 g/mol. The van der Waals surface area contributed by atoms with Gasteiger partial charge in [0.15, 0.2) is 5.82 Å². The number of hydrogen-bond donors (Lipinski definition) is 1. The van der Waals surface area contributed by atoms with Crippen molar-refractivity contribution in [3.8, 4) is 17.4 Å².